The summed E-state index contributed by atoms with van der Waals surface area (Å²) in [6.07, 6.45) is 1.59. The molecule has 0 radical (unpaired) electrons. The first kappa shape index (κ1) is 10.5. The minimum absolute atomic E-state index is 0.0218. The van der Waals surface area contributed by atoms with Gasteiger partial charge in [-0.25, -0.2) is 4.98 Å². The van der Waals surface area contributed by atoms with Gasteiger partial charge in [0.2, 0.25) is 0 Å². The lowest BCUT2D eigenvalue weighted by Crippen LogP contribution is -2.14. The van der Waals surface area contributed by atoms with Crippen molar-refractivity contribution in [2.24, 2.45) is 0 Å². The summed E-state index contributed by atoms with van der Waals surface area (Å²) in [5.41, 5.74) is 1.45. The zero-order valence-electron chi connectivity index (χ0n) is 9.21. The Balaban J connectivity index is 2.63. The lowest BCUT2D eigenvalue weighted by molar-refractivity contribution is -0.136. The normalized spacial score (nSPS) is 10.6. The molecule has 0 bridgehead atoms. The van der Waals surface area contributed by atoms with Crippen molar-refractivity contribution in [2.45, 2.75) is 6.42 Å². The fourth-order valence-electron chi connectivity index (χ4n) is 1.71. The topological polar surface area (TPSA) is 57.8 Å². The molecule has 16 heavy (non-hydrogen) atoms. The molecule has 0 atom stereocenters. The van der Waals surface area contributed by atoms with Crippen LogP contribution in [0.2, 0.25) is 0 Å². The van der Waals surface area contributed by atoms with Gasteiger partial charge in [0.05, 0.1) is 12.1 Å². The van der Waals surface area contributed by atoms with E-state index >= 15 is 0 Å². The number of carboxylic acids is 1. The van der Waals surface area contributed by atoms with Crippen molar-refractivity contribution >= 4 is 17.4 Å². The van der Waals surface area contributed by atoms with Gasteiger partial charge in [0, 0.05) is 20.3 Å². The number of pyridine rings is 1. The van der Waals surface area contributed by atoms with Crippen LogP contribution in [0.4, 0.5) is 5.82 Å². The van der Waals surface area contributed by atoms with Gasteiger partial charge in [-0.2, -0.15) is 0 Å². The smallest absolute Gasteiger partial charge is 0.309 e. The molecule has 0 aliphatic heterocycles. The molecule has 0 aliphatic rings. The Morgan fingerprint density at radius 1 is 1.50 bits per heavy atom. The largest absolute Gasteiger partial charge is 0.481 e. The molecule has 2 heterocycles. The fourth-order valence-corrected chi connectivity index (χ4v) is 1.71. The van der Waals surface area contributed by atoms with Gasteiger partial charge in [0.15, 0.2) is 0 Å². The zero-order valence-corrected chi connectivity index (χ0v) is 9.21. The van der Waals surface area contributed by atoms with Crippen LogP contribution in [0.15, 0.2) is 24.4 Å². The quantitative estimate of drug-likeness (QED) is 0.837. The van der Waals surface area contributed by atoms with Gasteiger partial charge in [-0.15, -0.1) is 0 Å². The minimum atomic E-state index is -0.852. The van der Waals surface area contributed by atoms with Crippen LogP contribution in [0.5, 0.6) is 0 Å². The van der Waals surface area contributed by atoms with E-state index in [1.807, 2.05) is 41.6 Å². The van der Waals surface area contributed by atoms with Crippen molar-refractivity contribution in [1.82, 2.24) is 9.38 Å². The molecule has 5 nitrogen and oxygen atoms in total. The van der Waals surface area contributed by atoms with E-state index in [4.69, 9.17) is 5.11 Å². The van der Waals surface area contributed by atoms with Gasteiger partial charge < -0.3 is 10.0 Å². The molecule has 0 saturated carbocycles. The average molecular weight is 219 g/mol. The average Bonchev–Trinajstić information content (AvgIpc) is 2.60. The number of hydrogen-bond donors (Lipinski definition) is 1. The number of fused-ring (bicyclic) bond motifs is 1. The first-order valence-corrected chi connectivity index (χ1v) is 4.94. The van der Waals surface area contributed by atoms with E-state index in [0.29, 0.717) is 5.69 Å². The lowest BCUT2D eigenvalue weighted by Gasteiger charge is -2.15. The molecule has 0 saturated heterocycles. The Kier molecular flexibility index (Phi) is 2.52. The van der Waals surface area contributed by atoms with E-state index in [2.05, 4.69) is 4.98 Å². The Bertz CT molecular complexity index is 531. The molecule has 0 amide bonds. The number of nitrogens with zero attached hydrogens (tertiary/aromatic N) is 3. The third-order valence-electron chi connectivity index (χ3n) is 2.37. The summed E-state index contributed by atoms with van der Waals surface area (Å²) in [6, 6.07) is 5.70. The van der Waals surface area contributed by atoms with Crippen LogP contribution < -0.4 is 4.90 Å². The molecule has 0 unspecified atom stereocenters. The maximum atomic E-state index is 10.7. The molecule has 0 aliphatic carbocycles. The monoisotopic (exact) mass is 219 g/mol. The highest BCUT2D eigenvalue weighted by atomic mass is 16.4. The van der Waals surface area contributed by atoms with Crippen LogP contribution in [-0.2, 0) is 11.2 Å². The molecule has 0 aromatic carbocycles. The second kappa shape index (κ2) is 3.84. The SMILES string of the molecule is CN(C)c1cccc2ncc(CC(=O)O)n12. The summed E-state index contributed by atoms with van der Waals surface area (Å²) < 4.78 is 1.86. The number of aliphatic carboxylic acids is 1. The highest BCUT2D eigenvalue weighted by Crippen LogP contribution is 2.17. The third kappa shape index (κ3) is 1.71. The molecule has 0 fully saturated rings. The molecule has 5 heteroatoms. The van der Waals surface area contributed by atoms with Gasteiger partial charge in [-0.05, 0) is 12.1 Å². The van der Waals surface area contributed by atoms with Crippen molar-refractivity contribution in [2.75, 3.05) is 19.0 Å². The molecule has 2 aromatic heterocycles. The fraction of sp³-hybridized carbons (Fsp3) is 0.273. The van der Waals surface area contributed by atoms with Crippen LogP contribution in [0.3, 0.4) is 0 Å². The summed E-state index contributed by atoms with van der Waals surface area (Å²) in [6.45, 7) is 0. The predicted molar refractivity (Wildman–Crippen MR) is 60.9 cm³/mol. The Morgan fingerprint density at radius 2 is 2.25 bits per heavy atom. The minimum Gasteiger partial charge on any atom is -0.481 e. The van der Waals surface area contributed by atoms with E-state index < -0.39 is 5.97 Å². The molecule has 0 spiro atoms. The summed E-state index contributed by atoms with van der Waals surface area (Å²) in [4.78, 5) is 16.9. The highest BCUT2D eigenvalue weighted by Gasteiger charge is 2.11. The Morgan fingerprint density at radius 3 is 2.88 bits per heavy atom. The number of rotatable bonds is 3. The van der Waals surface area contributed by atoms with Crippen molar-refractivity contribution < 1.29 is 9.90 Å². The lowest BCUT2D eigenvalue weighted by atomic mass is 10.3. The zero-order chi connectivity index (χ0) is 11.7. The van der Waals surface area contributed by atoms with Gasteiger partial charge in [0.1, 0.15) is 11.5 Å². The van der Waals surface area contributed by atoms with E-state index in [-0.39, 0.29) is 6.42 Å². The van der Waals surface area contributed by atoms with Gasteiger partial charge >= 0.3 is 5.97 Å². The van der Waals surface area contributed by atoms with Crippen LogP contribution in [0.25, 0.3) is 5.65 Å². The standard InChI is InChI=1S/C11H13N3O2/c1-13(2)10-5-3-4-9-12-7-8(14(9)10)6-11(15)16/h3-5,7H,6H2,1-2H3,(H,15,16). The molecular formula is C11H13N3O2. The van der Waals surface area contributed by atoms with Crippen molar-refractivity contribution in [3.8, 4) is 0 Å². The third-order valence-corrected chi connectivity index (χ3v) is 2.37. The number of hydrogen-bond acceptors (Lipinski definition) is 3. The van der Waals surface area contributed by atoms with E-state index in [1.165, 1.54) is 0 Å². The van der Waals surface area contributed by atoms with E-state index in [1.54, 1.807) is 6.20 Å². The molecule has 84 valence electrons. The summed E-state index contributed by atoms with van der Waals surface area (Å²) in [5.74, 6) is 0.0709. The van der Waals surface area contributed by atoms with Crippen LogP contribution >= 0.6 is 0 Å². The maximum Gasteiger partial charge on any atom is 0.309 e. The molecular weight excluding hydrogens is 206 g/mol. The maximum absolute atomic E-state index is 10.7. The van der Waals surface area contributed by atoms with Crippen molar-refractivity contribution in [3.63, 3.8) is 0 Å². The van der Waals surface area contributed by atoms with Gasteiger partial charge in [-0.1, -0.05) is 6.07 Å². The van der Waals surface area contributed by atoms with E-state index in [0.717, 1.165) is 11.5 Å². The second-order valence-corrected chi connectivity index (χ2v) is 3.79. The number of carboxylic acid groups (broad SMARTS) is 1. The Labute approximate surface area is 92.9 Å². The summed E-state index contributed by atoms with van der Waals surface area (Å²) in [7, 11) is 3.83. The van der Waals surface area contributed by atoms with Gasteiger partial charge in [0.25, 0.3) is 0 Å². The molecule has 1 N–H and O–H groups in total. The first-order chi connectivity index (χ1) is 7.59. The van der Waals surface area contributed by atoms with Crippen LogP contribution in [0, 0.1) is 0 Å². The van der Waals surface area contributed by atoms with Gasteiger partial charge in [-0.3, -0.25) is 9.20 Å². The number of carbonyl (C=O) groups is 1. The van der Waals surface area contributed by atoms with Crippen molar-refractivity contribution in [3.05, 3.63) is 30.1 Å². The molecule has 2 aromatic rings. The summed E-state index contributed by atoms with van der Waals surface area (Å²) in [5, 5.41) is 8.82. The van der Waals surface area contributed by atoms with Crippen LogP contribution in [0.1, 0.15) is 5.69 Å². The number of aromatic nitrogens is 2. The first-order valence-electron chi connectivity index (χ1n) is 4.94. The second-order valence-electron chi connectivity index (χ2n) is 3.79. The van der Waals surface area contributed by atoms with Crippen molar-refractivity contribution in [1.29, 1.82) is 0 Å². The Hall–Kier alpha value is -2.04. The van der Waals surface area contributed by atoms with E-state index in [9.17, 15) is 4.79 Å². The van der Waals surface area contributed by atoms with Crippen LogP contribution in [-0.4, -0.2) is 34.6 Å². The number of imidazole rings is 1. The predicted octanol–water partition coefficient (Wildman–Crippen LogP) is 1.03. The summed E-state index contributed by atoms with van der Waals surface area (Å²) >= 11 is 0. The number of anilines is 1. The highest BCUT2D eigenvalue weighted by molar-refractivity contribution is 5.70. The molecule has 2 rings (SSSR count).